The van der Waals surface area contributed by atoms with Crippen LogP contribution in [0.4, 0.5) is 9.59 Å². The van der Waals surface area contributed by atoms with Crippen molar-refractivity contribution < 1.29 is 47.4 Å². The molecular formula is C45H58BN3O10. The van der Waals surface area contributed by atoms with Gasteiger partial charge in [-0.15, -0.1) is 0 Å². The van der Waals surface area contributed by atoms with Crippen molar-refractivity contribution in [3.8, 4) is 11.1 Å². The van der Waals surface area contributed by atoms with Crippen LogP contribution >= 0.6 is 0 Å². The maximum atomic E-state index is 12.1. The van der Waals surface area contributed by atoms with E-state index in [2.05, 4.69) is 21.7 Å². The van der Waals surface area contributed by atoms with E-state index in [4.69, 9.17) is 28.3 Å². The number of hydrogen-bond donors (Lipinski definition) is 2. The SMILES string of the molecule is COC(=O)[C@H](Cc1ccc(-c2cnc3ccccc3c2)cc1)NC(=O)OC(C)(C)C.COC(=O)[C@H](Cc1ccc(B2OC(C)(C)C(C)(C)O2)cc1)NC(=O)OC(C)(C)C. The zero-order chi connectivity index (χ0) is 43.8. The fourth-order valence-corrected chi connectivity index (χ4v) is 5.89. The van der Waals surface area contributed by atoms with Gasteiger partial charge >= 0.3 is 31.2 Å². The second kappa shape index (κ2) is 19.1. The number of carbonyl (C=O) groups excluding carboxylic acids is 4. The molecular weight excluding hydrogens is 753 g/mol. The lowest BCUT2D eigenvalue weighted by molar-refractivity contribution is -0.143. The van der Waals surface area contributed by atoms with Crippen molar-refractivity contribution >= 4 is 47.6 Å². The highest BCUT2D eigenvalue weighted by atomic mass is 16.7. The summed E-state index contributed by atoms with van der Waals surface area (Å²) in [6, 6.07) is 23.7. The third kappa shape index (κ3) is 13.5. The van der Waals surface area contributed by atoms with E-state index in [0.717, 1.165) is 38.6 Å². The van der Waals surface area contributed by atoms with E-state index in [1.807, 2.05) is 107 Å². The van der Waals surface area contributed by atoms with Crippen LogP contribution in [-0.4, -0.2) is 84.9 Å². The number of methoxy groups -OCH3 is 2. The van der Waals surface area contributed by atoms with Gasteiger partial charge in [0.15, 0.2) is 0 Å². The van der Waals surface area contributed by atoms with Gasteiger partial charge in [0.25, 0.3) is 0 Å². The van der Waals surface area contributed by atoms with E-state index >= 15 is 0 Å². The monoisotopic (exact) mass is 811 g/mol. The highest BCUT2D eigenvalue weighted by Crippen LogP contribution is 2.36. The predicted octanol–water partition coefficient (Wildman–Crippen LogP) is 7.11. The molecule has 2 amide bonds. The van der Waals surface area contributed by atoms with Gasteiger partial charge in [0.2, 0.25) is 0 Å². The number of fused-ring (bicyclic) bond motifs is 1. The van der Waals surface area contributed by atoms with Crippen LogP contribution in [-0.2, 0) is 50.7 Å². The molecule has 1 aliphatic rings. The number of pyridine rings is 1. The van der Waals surface area contributed by atoms with E-state index in [9.17, 15) is 19.2 Å². The van der Waals surface area contributed by atoms with Gasteiger partial charge in [0.1, 0.15) is 23.3 Å². The number of carbonyl (C=O) groups is 4. The summed E-state index contributed by atoms with van der Waals surface area (Å²) in [6.07, 6.45) is 1.09. The van der Waals surface area contributed by atoms with E-state index in [0.29, 0.717) is 6.42 Å². The Kier molecular flexibility index (Phi) is 14.9. The number of amides is 2. The molecule has 0 radical (unpaired) electrons. The minimum Gasteiger partial charge on any atom is -0.467 e. The fourth-order valence-electron chi connectivity index (χ4n) is 5.89. The Hall–Kier alpha value is -5.47. The number of esters is 2. The molecule has 0 saturated carbocycles. The summed E-state index contributed by atoms with van der Waals surface area (Å²) < 4.78 is 32.2. The Morgan fingerprint density at radius 1 is 0.661 bits per heavy atom. The number of para-hydroxylation sites is 1. The zero-order valence-electron chi connectivity index (χ0n) is 36.3. The molecule has 0 bridgehead atoms. The summed E-state index contributed by atoms with van der Waals surface area (Å²) in [6.45, 7) is 18.6. The number of nitrogens with one attached hydrogen (secondary N) is 2. The van der Waals surface area contributed by atoms with Gasteiger partial charge in [-0.1, -0.05) is 66.7 Å². The maximum Gasteiger partial charge on any atom is 0.494 e. The van der Waals surface area contributed by atoms with E-state index in [1.165, 1.54) is 14.2 Å². The molecule has 3 aromatic carbocycles. The lowest BCUT2D eigenvalue weighted by Gasteiger charge is -2.32. The number of aromatic nitrogens is 1. The van der Waals surface area contributed by atoms with Crippen molar-refractivity contribution in [3.63, 3.8) is 0 Å². The van der Waals surface area contributed by atoms with Crippen molar-refractivity contribution in [2.75, 3.05) is 14.2 Å². The van der Waals surface area contributed by atoms with Crippen molar-refractivity contribution in [2.45, 2.75) is 117 Å². The molecule has 0 spiro atoms. The molecule has 2 N–H and O–H groups in total. The minimum atomic E-state index is -0.849. The standard InChI is InChI=1S/C24H26N2O4.C21H32BNO6/c1-24(2,3)30-23(28)26-21(22(27)29-4)13-16-9-11-17(12-10-16)19-14-18-7-5-6-8-20(18)25-15-19;1-19(2,3)27-18(25)23-16(17(24)26-8)13-14-9-11-15(12-10-14)22-28-20(4,5)21(6,7)29-22/h5-12,14-15,21H,13H2,1-4H3,(H,26,28);9-12,16H,13H2,1-8H3,(H,23,25)/t21-;16-/m00/s1. The van der Waals surface area contributed by atoms with Crippen LogP contribution < -0.4 is 16.1 Å². The van der Waals surface area contributed by atoms with Gasteiger partial charge in [0.05, 0.1) is 30.9 Å². The molecule has 5 rings (SSSR count). The van der Waals surface area contributed by atoms with Crippen LogP contribution in [0.15, 0.2) is 85.1 Å². The first kappa shape index (κ1) is 46.2. The molecule has 1 aromatic heterocycles. The molecule has 1 fully saturated rings. The molecule has 2 atom stereocenters. The van der Waals surface area contributed by atoms with Crippen molar-refractivity contribution in [1.82, 2.24) is 15.6 Å². The summed E-state index contributed by atoms with van der Waals surface area (Å²) >= 11 is 0. The summed E-state index contributed by atoms with van der Waals surface area (Å²) in [5, 5.41) is 6.25. The van der Waals surface area contributed by atoms with E-state index < -0.39 is 65.7 Å². The van der Waals surface area contributed by atoms with Crippen LogP contribution in [0.3, 0.4) is 0 Å². The lowest BCUT2D eigenvalue weighted by atomic mass is 9.78. The van der Waals surface area contributed by atoms with E-state index in [-0.39, 0.29) is 6.42 Å². The first-order chi connectivity index (χ1) is 27.5. The smallest absolute Gasteiger partial charge is 0.467 e. The Morgan fingerprint density at radius 3 is 1.54 bits per heavy atom. The Labute approximate surface area is 348 Å². The molecule has 1 aliphatic heterocycles. The second-order valence-corrected chi connectivity index (χ2v) is 17.3. The van der Waals surface area contributed by atoms with Gasteiger partial charge in [0, 0.05) is 30.0 Å². The topological polar surface area (TPSA) is 161 Å². The molecule has 1 saturated heterocycles. The molecule has 2 heterocycles. The summed E-state index contributed by atoms with van der Waals surface area (Å²) in [5.41, 5.74) is 3.48. The summed E-state index contributed by atoms with van der Waals surface area (Å²) in [5.74, 6) is -1.06. The highest BCUT2D eigenvalue weighted by Gasteiger charge is 2.51. The summed E-state index contributed by atoms with van der Waals surface area (Å²) in [7, 11) is 2.13. The van der Waals surface area contributed by atoms with Gasteiger partial charge in [-0.2, -0.15) is 0 Å². The molecule has 0 unspecified atom stereocenters. The van der Waals surface area contributed by atoms with Crippen LogP contribution in [0, 0.1) is 0 Å². The molecule has 4 aromatic rings. The molecule has 14 heteroatoms. The van der Waals surface area contributed by atoms with Gasteiger partial charge in [-0.25, -0.2) is 19.2 Å². The molecule has 0 aliphatic carbocycles. The second-order valence-electron chi connectivity index (χ2n) is 17.3. The number of benzene rings is 3. The summed E-state index contributed by atoms with van der Waals surface area (Å²) in [4.78, 5) is 52.9. The normalized spacial score (nSPS) is 15.5. The maximum absolute atomic E-state index is 12.1. The molecule has 13 nitrogen and oxygen atoms in total. The number of rotatable bonds is 10. The molecule has 59 heavy (non-hydrogen) atoms. The number of hydrogen-bond acceptors (Lipinski definition) is 11. The largest absolute Gasteiger partial charge is 0.494 e. The van der Waals surface area contributed by atoms with Gasteiger partial charge in [-0.05, 0) is 104 Å². The molecule has 316 valence electrons. The highest BCUT2D eigenvalue weighted by molar-refractivity contribution is 6.62. The van der Waals surface area contributed by atoms with E-state index in [1.54, 1.807) is 41.5 Å². The number of nitrogens with zero attached hydrogens (tertiary/aromatic N) is 1. The Balaban J connectivity index is 0.000000261. The first-order valence-electron chi connectivity index (χ1n) is 19.5. The van der Waals surface area contributed by atoms with Crippen LogP contribution in [0.1, 0.15) is 80.4 Å². The van der Waals surface area contributed by atoms with Crippen LogP contribution in [0.2, 0.25) is 0 Å². The van der Waals surface area contributed by atoms with Gasteiger partial charge in [-0.3, -0.25) is 4.98 Å². The van der Waals surface area contributed by atoms with Crippen LogP contribution in [0.25, 0.3) is 22.0 Å². The van der Waals surface area contributed by atoms with Crippen molar-refractivity contribution in [3.05, 3.63) is 96.2 Å². The van der Waals surface area contributed by atoms with Crippen molar-refractivity contribution in [1.29, 1.82) is 0 Å². The Bertz CT molecular complexity index is 2060. The minimum absolute atomic E-state index is 0.273. The number of alkyl carbamates (subject to hydrolysis) is 2. The number of ether oxygens (including phenoxy) is 4. The lowest BCUT2D eigenvalue weighted by Crippen LogP contribution is -2.45. The predicted molar refractivity (Wildman–Crippen MR) is 227 cm³/mol. The van der Waals surface area contributed by atoms with Crippen LogP contribution in [0.5, 0.6) is 0 Å². The van der Waals surface area contributed by atoms with Crippen molar-refractivity contribution in [2.24, 2.45) is 0 Å². The Morgan fingerprint density at radius 2 is 1.10 bits per heavy atom. The average molecular weight is 812 g/mol. The fraction of sp³-hybridized carbons (Fsp3) is 0.444. The quantitative estimate of drug-likeness (QED) is 0.0955. The van der Waals surface area contributed by atoms with Gasteiger partial charge < -0.3 is 38.9 Å². The third-order valence-corrected chi connectivity index (χ3v) is 9.62. The first-order valence-corrected chi connectivity index (χ1v) is 19.5. The third-order valence-electron chi connectivity index (χ3n) is 9.62. The zero-order valence-corrected chi connectivity index (χ0v) is 36.3. The average Bonchev–Trinajstić information content (AvgIpc) is 3.38.